The van der Waals surface area contributed by atoms with Crippen molar-refractivity contribution in [1.29, 1.82) is 0 Å². The summed E-state index contributed by atoms with van der Waals surface area (Å²) in [4.78, 5) is 1.96. The minimum absolute atomic E-state index is 0.284. The molecular formula is C13H18F2N2. The molecule has 2 rings (SSSR count). The Hall–Kier alpha value is -1.42. The van der Waals surface area contributed by atoms with E-state index in [1.807, 2.05) is 11.9 Å². The standard InChI is InChI=1S/C12H13F2N.CH5N/c1-3-9-11(14)10(13)7-8-5-4-6-15(2)12(8)9;1-2/h3,7H,1,4-6H2,2H3;2H2,1H3. The lowest BCUT2D eigenvalue weighted by Crippen LogP contribution is -2.26. The molecule has 0 saturated carbocycles. The summed E-state index contributed by atoms with van der Waals surface area (Å²) >= 11 is 0. The average Bonchev–Trinajstić information content (AvgIpc) is 2.34. The number of anilines is 1. The van der Waals surface area contributed by atoms with Crippen LogP contribution in [0.5, 0.6) is 0 Å². The predicted molar refractivity (Wildman–Crippen MR) is 68.2 cm³/mol. The van der Waals surface area contributed by atoms with Crippen molar-refractivity contribution in [1.82, 2.24) is 0 Å². The molecule has 0 spiro atoms. The third kappa shape index (κ3) is 2.47. The quantitative estimate of drug-likeness (QED) is 0.817. The monoisotopic (exact) mass is 240 g/mol. The van der Waals surface area contributed by atoms with Gasteiger partial charge < -0.3 is 10.6 Å². The minimum atomic E-state index is -0.794. The third-order valence-corrected chi connectivity index (χ3v) is 2.83. The molecule has 0 saturated heterocycles. The van der Waals surface area contributed by atoms with Gasteiger partial charge in [-0.2, -0.15) is 0 Å². The lowest BCUT2D eigenvalue weighted by molar-refractivity contribution is 0.503. The molecule has 0 radical (unpaired) electrons. The number of rotatable bonds is 1. The molecule has 0 unspecified atom stereocenters. The topological polar surface area (TPSA) is 29.3 Å². The molecule has 0 atom stereocenters. The van der Waals surface area contributed by atoms with Gasteiger partial charge in [-0.1, -0.05) is 12.7 Å². The van der Waals surface area contributed by atoms with Gasteiger partial charge in [0.1, 0.15) is 0 Å². The normalized spacial score (nSPS) is 13.6. The summed E-state index contributed by atoms with van der Waals surface area (Å²) in [6.07, 6.45) is 3.17. The zero-order valence-corrected chi connectivity index (χ0v) is 10.3. The zero-order valence-electron chi connectivity index (χ0n) is 10.3. The Morgan fingerprint density at radius 2 is 2.06 bits per heavy atom. The number of fused-ring (bicyclic) bond motifs is 1. The fraction of sp³-hybridized carbons (Fsp3) is 0.385. The first kappa shape index (κ1) is 13.6. The van der Waals surface area contributed by atoms with Crippen LogP contribution in [0.1, 0.15) is 17.5 Å². The molecule has 1 aliphatic rings. The van der Waals surface area contributed by atoms with Crippen LogP contribution in [0.4, 0.5) is 14.5 Å². The van der Waals surface area contributed by atoms with Crippen LogP contribution in [0.3, 0.4) is 0 Å². The van der Waals surface area contributed by atoms with Crippen molar-refractivity contribution in [2.24, 2.45) is 5.73 Å². The number of nitrogens with two attached hydrogens (primary N) is 1. The second-order valence-electron chi connectivity index (χ2n) is 3.82. The lowest BCUT2D eigenvalue weighted by atomic mass is 9.97. The molecule has 94 valence electrons. The molecule has 1 aromatic carbocycles. The van der Waals surface area contributed by atoms with Gasteiger partial charge in [0.25, 0.3) is 0 Å². The number of benzene rings is 1. The highest BCUT2D eigenvalue weighted by molar-refractivity contribution is 5.71. The van der Waals surface area contributed by atoms with Gasteiger partial charge in [-0.05, 0) is 31.5 Å². The largest absolute Gasteiger partial charge is 0.374 e. The van der Waals surface area contributed by atoms with Gasteiger partial charge in [0.05, 0.1) is 5.69 Å². The first-order valence-corrected chi connectivity index (χ1v) is 5.57. The summed E-state index contributed by atoms with van der Waals surface area (Å²) in [5, 5.41) is 0. The van der Waals surface area contributed by atoms with Crippen molar-refractivity contribution < 1.29 is 8.78 Å². The molecule has 0 aromatic heterocycles. The maximum atomic E-state index is 13.5. The number of hydrogen-bond donors (Lipinski definition) is 1. The van der Waals surface area contributed by atoms with Crippen LogP contribution < -0.4 is 10.6 Å². The Morgan fingerprint density at radius 1 is 1.41 bits per heavy atom. The first-order valence-electron chi connectivity index (χ1n) is 5.57. The van der Waals surface area contributed by atoms with E-state index >= 15 is 0 Å². The van der Waals surface area contributed by atoms with Gasteiger partial charge >= 0.3 is 0 Å². The number of hydrogen-bond acceptors (Lipinski definition) is 2. The molecule has 2 N–H and O–H groups in total. The molecule has 2 nitrogen and oxygen atoms in total. The van der Waals surface area contributed by atoms with E-state index in [-0.39, 0.29) is 5.56 Å². The van der Waals surface area contributed by atoms with E-state index in [0.717, 1.165) is 30.6 Å². The van der Waals surface area contributed by atoms with Gasteiger partial charge in [0.2, 0.25) is 0 Å². The first-order chi connectivity index (χ1) is 8.15. The SMILES string of the molecule is C=Cc1c(F)c(F)cc2c1N(C)CCC2.CN. The molecule has 0 fully saturated rings. The molecule has 0 aliphatic carbocycles. The highest BCUT2D eigenvalue weighted by Crippen LogP contribution is 2.33. The molecule has 1 heterocycles. The summed E-state index contributed by atoms with van der Waals surface area (Å²) in [6, 6.07) is 1.30. The van der Waals surface area contributed by atoms with Crippen molar-refractivity contribution in [2.45, 2.75) is 12.8 Å². The van der Waals surface area contributed by atoms with Crippen LogP contribution in [-0.4, -0.2) is 20.6 Å². The summed E-state index contributed by atoms with van der Waals surface area (Å²) in [5.74, 6) is -1.57. The zero-order chi connectivity index (χ0) is 13.0. The lowest BCUT2D eigenvalue weighted by Gasteiger charge is -2.29. The van der Waals surface area contributed by atoms with E-state index in [9.17, 15) is 8.78 Å². The third-order valence-electron chi connectivity index (χ3n) is 2.83. The highest BCUT2D eigenvalue weighted by Gasteiger charge is 2.21. The molecule has 0 bridgehead atoms. The summed E-state index contributed by atoms with van der Waals surface area (Å²) in [5.41, 5.74) is 6.44. The average molecular weight is 240 g/mol. The molecule has 17 heavy (non-hydrogen) atoms. The smallest absolute Gasteiger partial charge is 0.168 e. The van der Waals surface area contributed by atoms with Crippen LogP contribution in [0, 0.1) is 11.6 Å². The fourth-order valence-corrected chi connectivity index (χ4v) is 2.14. The Morgan fingerprint density at radius 3 is 2.65 bits per heavy atom. The highest BCUT2D eigenvalue weighted by atomic mass is 19.2. The second-order valence-corrected chi connectivity index (χ2v) is 3.82. The Labute approximate surface area is 101 Å². The van der Waals surface area contributed by atoms with Crippen molar-refractivity contribution in [3.05, 3.63) is 35.4 Å². The molecule has 0 amide bonds. The van der Waals surface area contributed by atoms with Crippen LogP contribution in [0.2, 0.25) is 0 Å². The van der Waals surface area contributed by atoms with E-state index < -0.39 is 11.6 Å². The van der Waals surface area contributed by atoms with Gasteiger partial charge in [-0.3, -0.25) is 0 Å². The second kappa shape index (κ2) is 5.77. The summed E-state index contributed by atoms with van der Waals surface area (Å²) in [7, 11) is 3.39. The van der Waals surface area contributed by atoms with Gasteiger partial charge in [-0.15, -0.1) is 0 Å². The van der Waals surface area contributed by atoms with E-state index in [1.165, 1.54) is 19.2 Å². The molecular weight excluding hydrogens is 222 g/mol. The van der Waals surface area contributed by atoms with Crippen LogP contribution in [0.25, 0.3) is 6.08 Å². The minimum Gasteiger partial charge on any atom is -0.374 e. The Kier molecular flexibility index (Phi) is 4.63. The maximum Gasteiger partial charge on any atom is 0.168 e. The van der Waals surface area contributed by atoms with E-state index in [2.05, 4.69) is 12.3 Å². The van der Waals surface area contributed by atoms with Gasteiger partial charge in [0.15, 0.2) is 11.6 Å². The maximum absolute atomic E-state index is 13.5. The molecule has 4 heteroatoms. The summed E-state index contributed by atoms with van der Waals surface area (Å²) < 4.78 is 26.7. The number of nitrogens with zero attached hydrogens (tertiary/aromatic N) is 1. The van der Waals surface area contributed by atoms with Crippen LogP contribution in [-0.2, 0) is 6.42 Å². The van der Waals surface area contributed by atoms with Crippen molar-refractivity contribution in [2.75, 3.05) is 25.5 Å². The van der Waals surface area contributed by atoms with Crippen molar-refractivity contribution in [3.8, 4) is 0 Å². The molecule has 1 aromatic rings. The summed E-state index contributed by atoms with van der Waals surface area (Å²) in [6.45, 7) is 4.42. The fourth-order valence-electron chi connectivity index (χ4n) is 2.14. The number of halogens is 2. The predicted octanol–water partition coefficient (Wildman–Crippen LogP) is 2.57. The van der Waals surface area contributed by atoms with Gasteiger partial charge in [-0.25, -0.2) is 8.78 Å². The van der Waals surface area contributed by atoms with E-state index in [0.29, 0.717) is 0 Å². The Balaban J connectivity index is 0.000000686. The Bertz CT molecular complexity index is 416. The molecule has 1 aliphatic heterocycles. The van der Waals surface area contributed by atoms with Gasteiger partial charge in [0, 0.05) is 19.2 Å². The van der Waals surface area contributed by atoms with Crippen molar-refractivity contribution in [3.63, 3.8) is 0 Å². The number of aryl methyl sites for hydroxylation is 1. The van der Waals surface area contributed by atoms with E-state index in [4.69, 9.17) is 0 Å². The van der Waals surface area contributed by atoms with Crippen LogP contribution in [0.15, 0.2) is 12.6 Å². The van der Waals surface area contributed by atoms with Crippen LogP contribution >= 0.6 is 0 Å². The van der Waals surface area contributed by atoms with Crippen molar-refractivity contribution >= 4 is 11.8 Å². The van der Waals surface area contributed by atoms with E-state index in [1.54, 1.807) is 0 Å².